The summed E-state index contributed by atoms with van der Waals surface area (Å²) in [6.07, 6.45) is 4.07. The van der Waals surface area contributed by atoms with Gasteiger partial charge in [-0.1, -0.05) is 72.3 Å². The molecule has 4 aromatic rings. The van der Waals surface area contributed by atoms with Gasteiger partial charge in [0.15, 0.2) is 0 Å². The van der Waals surface area contributed by atoms with Crippen molar-refractivity contribution in [2.24, 2.45) is 0 Å². The lowest BCUT2D eigenvalue weighted by molar-refractivity contribution is 0.471. The molecule has 0 aromatic heterocycles. The zero-order valence-corrected chi connectivity index (χ0v) is 18.1. The van der Waals surface area contributed by atoms with Gasteiger partial charge in [0.05, 0.1) is 0 Å². The third-order valence-corrected chi connectivity index (χ3v) is 5.50. The third kappa shape index (κ3) is 4.30. The van der Waals surface area contributed by atoms with E-state index in [9.17, 15) is 10.2 Å². The molecule has 156 valence electrons. The number of aromatic hydroxyl groups is 2. The summed E-state index contributed by atoms with van der Waals surface area (Å²) in [5.41, 5.74) is 4.26. The Labute approximate surface area is 186 Å². The summed E-state index contributed by atoms with van der Waals surface area (Å²) in [4.78, 5) is 2.06. The van der Waals surface area contributed by atoms with Gasteiger partial charge in [-0.2, -0.15) is 0 Å². The van der Waals surface area contributed by atoms with Gasteiger partial charge in [0.2, 0.25) is 0 Å². The van der Waals surface area contributed by atoms with Crippen molar-refractivity contribution in [1.29, 1.82) is 0 Å². The standard InChI is InChI=1S/C26H23ClN2O2/c1-29(2)20-14-12-17(13-15-20)10-11-18-6-5-7-19(16-18)28-24-23(27)25(30)21-8-3-4-9-22(21)26(24)31/h3-16,28,30-31H,1-2H3/b11-10+. The number of phenolic OH excluding ortho intramolecular Hbond substituents is 2. The minimum atomic E-state index is -0.0604. The van der Waals surface area contributed by atoms with E-state index in [2.05, 4.69) is 34.5 Å². The van der Waals surface area contributed by atoms with E-state index in [-0.39, 0.29) is 22.2 Å². The quantitative estimate of drug-likeness (QED) is 0.183. The normalized spacial score (nSPS) is 11.2. The summed E-state index contributed by atoms with van der Waals surface area (Å²) in [7, 11) is 4.03. The van der Waals surface area contributed by atoms with Crippen LogP contribution in [0, 0.1) is 0 Å². The Morgan fingerprint density at radius 2 is 1.42 bits per heavy atom. The Kier molecular flexibility index (Phi) is 5.74. The number of nitrogens with zero attached hydrogens (tertiary/aromatic N) is 1. The van der Waals surface area contributed by atoms with Crippen molar-refractivity contribution in [3.63, 3.8) is 0 Å². The summed E-state index contributed by atoms with van der Waals surface area (Å²) >= 11 is 6.35. The van der Waals surface area contributed by atoms with Crippen molar-refractivity contribution in [3.8, 4) is 11.5 Å². The number of halogens is 1. The monoisotopic (exact) mass is 430 g/mol. The molecule has 0 aliphatic rings. The zero-order valence-electron chi connectivity index (χ0n) is 17.3. The number of benzene rings is 4. The molecule has 4 aromatic carbocycles. The van der Waals surface area contributed by atoms with Gasteiger partial charge >= 0.3 is 0 Å². The summed E-state index contributed by atoms with van der Waals surface area (Å²) in [5.74, 6) is -0.0601. The fourth-order valence-electron chi connectivity index (χ4n) is 3.43. The second-order valence-corrected chi connectivity index (χ2v) is 7.88. The van der Waals surface area contributed by atoms with E-state index in [1.54, 1.807) is 24.3 Å². The highest BCUT2D eigenvalue weighted by Crippen LogP contribution is 2.46. The maximum Gasteiger partial charge on any atom is 0.148 e. The molecule has 0 radical (unpaired) electrons. The van der Waals surface area contributed by atoms with Crippen LogP contribution in [0.1, 0.15) is 11.1 Å². The molecule has 4 rings (SSSR count). The number of hydrogen-bond acceptors (Lipinski definition) is 4. The molecular formula is C26H23ClN2O2. The van der Waals surface area contributed by atoms with Crippen LogP contribution in [0.2, 0.25) is 5.02 Å². The maximum atomic E-state index is 10.7. The van der Waals surface area contributed by atoms with E-state index < -0.39 is 0 Å². The number of anilines is 3. The fourth-order valence-corrected chi connectivity index (χ4v) is 3.66. The van der Waals surface area contributed by atoms with E-state index in [1.165, 1.54) is 0 Å². The average molecular weight is 431 g/mol. The van der Waals surface area contributed by atoms with Crippen molar-refractivity contribution >= 4 is 51.6 Å². The fraction of sp³-hybridized carbons (Fsp3) is 0.0769. The molecule has 0 aliphatic heterocycles. The van der Waals surface area contributed by atoms with Crippen molar-refractivity contribution in [2.45, 2.75) is 0 Å². The Balaban J connectivity index is 1.61. The van der Waals surface area contributed by atoms with Gasteiger partial charge in [-0.25, -0.2) is 0 Å². The first-order chi connectivity index (χ1) is 14.9. The molecule has 0 aliphatic carbocycles. The molecule has 0 saturated heterocycles. The van der Waals surface area contributed by atoms with Crippen LogP contribution in [0.25, 0.3) is 22.9 Å². The molecule has 0 amide bonds. The average Bonchev–Trinajstić information content (AvgIpc) is 2.79. The molecule has 0 saturated carbocycles. The van der Waals surface area contributed by atoms with Gasteiger partial charge < -0.3 is 20.4 Å². The Hall–Kier alpha value is -3.63. The highest BCUT2D eigenvalue weighted by molar-refractivity contribution is 6.37. The van der Waals surface area contributed by atoms with Crippen LogP contribution < -0.4 is 10.2 Å². The molecule has 0 fully saturated rings. The molecule has 3 N–H and O–H groups in total. The first kappa shape index (κ1) is 20.6. The second-order valence-electron chi connectivity index (χ2n) is 7.50. The van der Waals surface area contributed by atoms with E-state index in [1.807, 2.05) is 50.5 Å². The number of nitrogens with one attached hydrogen (secondary N) is 1. The van der Waals surface area contributed by atoms with Crippen molar-refractivity contribution < 1.29 is 10.2 Å². The lowest BCUT2D eigenvalue weighted by Crippen LogP contribution is -2.07. The molecule has 0 heterocycles. The van der Waals surface area contributed by atoms with Crippen molar-refractivity contribution in [1.82, 2.24) is 0 Å². The van der Waals surface area contributed by atoms with Crippen LogP contribution >= 0.6 is 11.6 Å². The van der Waals surface area contributed by atoms with Crippen LogP contribution in [0.4, 0.5) is 17.1 Å². The van der Waals surface area contributed by atoms with Crippen molar-refractivity contribution in [3.05, 3.63) is 88.9 Å². The molecule has 4 nitrogen and oxygen atoms in total. The molecule has 0 spiro atoms. The minimum Gasteiger partial charge on any atom is -0.506 e. The van der Waals surface area contributed by atoms with E-state index in [0.29, 0.717) is 10.8 Å². The van der Waals surface area contributed by atoms with Gasteiger partial charge in [-0.3, -0.25) is 0 Å². The van der Waals surface area contributed by atoms with Crippen molar-refractivity contribution in [2.75, 3.05) is 24.3 Å². The summed E-state index contributed by atoms with van der Waals surface area (Å²) < 4.78 is 0. The smallest absolute Gasteiger partial charge is 0.148 e. The van der Waals surface area contributed by atoms with E-state index in [0.717, 1.165) is 22.5 Å². The van der Waals surface area contributed by atoms with Gasteiger partial charge in [-0.15, -0.1) is 0 Å². The van der Waals surface area contributed by atoms with E-state index in [4.69, 9.17) is 11.6 Å². The Morgan fingerprint density at radius 3 is 2.10 bits per heavy atom. The van der Waals surface area contributed by atoms with Crippen LogP contribution in [-0.4, -0.2) is 24.3 Å². The summed E-state index contributed by atoms with van der Waals surface area (Å²) in [6, 6.07) is 23.1. The number of hydrogen-bond donors (Lipinski definition) is 3. The number of rotatable bonds is 5. The maximum absolute atomic E-state index is 10.7. The number of fused-ring (bicyclic) bond motifs is 1. The topological polar surface area (TPSA) is 55.7 Å². The van der Waals surface area contributed by atoms with Crippen LogP contribution in [0.15, 0.2) is 72.8 Å². The largest absolute Gasteiger partial charge is 0.506 e. The molecule has 0 atom stereocenters. The highest BCUT2D eigenvalue weighted by atomic mass is 35.5. The zero-order chi connectivity index (χ0) is 22.0. The van der Waals surface area contributed by atoms with Gasteiger partial charge in [0, 0.05) is 36.2 Å². The molecule has 0 bridgehead atoms. The summed E-state index contributed by atoms with van der Waals surface area (Å²) in [5, 5.41) is 25.5. The first-order valence-electron chi connectivity index (χ1n) is 9.88. The summed E-state index contributed by atoms with van der Waals surface area (Å²) in [6.45, 7) is 0. The van der Waals surface area contributed by atoms with Crippen LogP contribution in [0.5, 0.6) is 11.5 Å². The lowest BCUT2D eigenvalue weighted by Gasteiger charge is -2.15. The lowest BCUT2D eigenvalue weighted by atomic mass is 10.1. The van der Waals surface area contributed by atoms with Crippen LogP contribution in [-0.2, 0) is 0 Å². The molecule has 0 unspecified atom stereocenters. The molecule has 31 heavy (non-hydrogen) atoms. The first-order valence-corrected chi connectivity index (χ1v) is 10.3. The van der Waals surface area contributed by atoms with Gasteiger partial charge in [0.1, 0.15) is 22.2 Å². The predicted octanol–water partition coefficient (Wildman–Crippen LogP) is 6.88. The van der Waals surface area contributed by atoms with Crippen LogP contribution in [0.3, 0.4) is 0 Å². The third-order valence-electron chi connectivity index (χ3n) is 5.14. The SMILES string of the molecule is CN(C)c1ccc(/C=C/c2cccc(Nc3c(Cl)c(O)c4ccccc4c3O)c2)cc1. The molecule has 5 heteroatoms. The predicted molar refractivity (Wildman–Crippen MR) is 132 cm³/mol. The van der Waals surface area contributed by atoms with E-state index >= 15 is 0 Å². The van der Waals surface area contributed by atoms with Gasteiger partial charge in [0.25, 0.3) is 0 Å². The second kappa shape index (κ2) is 8.62. The van der Waals surface area contributed by atoms with Gasteiger partial charge in [-0.05, 0) is 35.4 Å². The minimum absolute atomic E-state index is 0.000303. The highest BCUT2D eigenvalue weighted by Gasteiger charge is 2.17. The Morgan fingerprint density at radius 1 is 0.774 bits per heavy atom. The molecular weight excluding hydrogens is 408 g/mol. The number of phenols is 2. The Bertz CT molecular complexity index is 1260.